The summed E-state index contributed by atoms with van der Waals surface area (Å²) < 4.78 is 4.45. The molecule has 92 valence electrons. The summed E-state index contributed by atoms with van der Waals surface area (Å²) >= 11 is 0. The van der Waals surface area contributed by atoms with E-state index in [-0.39, 0.29) is 24.7 Å². The minimum atomic E-state index is -0.366. The van der Waals surface area contributed by atoms with E-state index in [0.717, 1.165) is 12.0 Å². The van der Waals surface area contributed by atoms with Gasteiger partial charge < -0.3 is 10.1 Å². The summed E-state index contributed by atoms with van der Waals surface area (Å²) in [6.07, 6.45) is 4.48. The van der Waals surface area contributed by atoms with E-state index in [2.05, 4.69) is 15.0 Å². The molecule has 5 nitrogen and oxygen atoms in total. The predicted molar refractivity (Wildman–Crippen MR) is 62.2 cm³/mol. The van der Waals surface area contributed by atoms with Crippen LogP contribution in [0.25, 0.3) is 0 Å². The van der Waals surface area contributed by atoms with Crippen LogP contribution >= 0.6 is 0 Å². The van der Waals surface area contributed by atoms with Crippen molar-refractivity contribution >= 4 is 11.9 Å². The van der Waals surface area contributed by atoms with E-state index in [1.54, 1.807) is 12.4 Å². The summed E-state index contributed by atoms with van der Waals surface area (Å²) in [5.74, 6) is -0.501. The number of nitrogens with zero attached hydrogens (tertiary/aromatic N) is 1. The van der Waals surface area contributed by atoms with Gasteiger partial charge in [-0.15, -0.1) is 0 Å². The molecule has 0 spiro atoms. The van der Waals surface area contributed by atoms with Crippen molar-refractivity contribution in [3.63, 3.8) is 0 Å². The van der Waals surface area contributed by atoms with E-state index in [4.69, 9.17) is 0 Å². The van der Waals surface area contributed by atoms with E-state index in [1.165, 1.54) is 7.11 Å². The number of methoxy groups -OCH3 is 1. The maximum atomic E-state index is 11.3. The number of carbonyl (C=O) groups excluding carboxylic acids is 2. The first kappa shape index (κ1) is 13.2. The molecular formula is C12H16N2O3. The Bertz CT molecular complexity index is 365. The molecule has 0 atom stereocenters. The van der Waals surface area contributed by atoms with Crippen LogP contribution < -0.4 is 5.32 Å². The molecule has 0 unspecified atom stereocenters. The summed E-state index contributed by atoms with van der Waals surface area (Å²) in [5, 5.41) is 2.74. The molecule has 1 amide bonds. The Morgan fingerprint density at radius 1 is 1.29 bits per heavy atom. The van der Waals surface area contributed by atoms with Crippen LogP contribution in [0.3, 0.4) is 0 Å². The molecule has 0 bridgehead atoms. The van der Waals surface area contributed by atoms with E-state index in [1.807, 2.05) is 12.1 Å². The predicted octanol–water partition coefficient (Wildman–Crippen LogP) is 0.693. The van der Waals surface area contributed by atoms with Crippen LogP contribution in [0.15, 0.2) is 24.5 Å². The zero-order chi connectivity index (χ0) is 12.5. The molecule has 1 aromatic rings. The van der Waals surface area contributed by atoms with Gasteiger partial charge in [-0.1, -0.05) is 0 Å². The van der Waals surface area contributed by atoms with Crippen molar-refractivity contribution < 1.29 is 14.3 Å². The Morgan fingerprint density at radius 3 is 2.65 bits per heavy atom. The third kappa shape index (κ3) is 5.65. The Labute approximate surface area is 100 Å². The first-order valence-electron chi connectivity index (χ1n) is 5.45. The molecule has 0 aromatic carbocycles. The minimum Gasteiger partial charge on any atom is -0.469 e. The Morgan fingerprint density at radius 2 is 2.00 bits per heavy atom. The summed E-state index contributed by atoms with van der Waals surface area (Å²) in [6.45, 7) is 0.560. The van der Waals surface area contributed by atoms with Gasteiger partial charge in [-0.25, -0.2) is 0 Å². The molecule has 1 heterocycles. The highest BCUT2D eigenvalue weighted by Gasteiger charge is 2.05. The van der Waals surface area contributed by atoms with Gasteiger partial charge in [0.2, 0.25) is 5.91 Å². The van der Waals surface area contributed by atoms with Crippen LogP contribution in [0.2, 0.25) is 0 Å². The molecule has 1 rings (SSSR count). The normalized spacial score (nSPS) is 9.71. The number of hydrogen-bond donors (Lipinski definition) is 1. The molecule has 0 radical (unpaired) electrons. The topological polar surface area (TPSA) is 68.3 Å². The largest absolute Gasteiger partial charge is 0.469 e. The summed E-state index contributed by atoms with van der Waals surface area (Å²) in [4.78, 5) is 26.0. The quantitative estimate of drug-likeness (QED) is 0.738. The van der Waals surface area contributed by atoms with Crippen LogP contribution in [-0.4, -0.2) is 30.5 Å². The molecule has 0 aliphatic rings. The highest BCUT2D eigenvalue weighted by molar-refractivity contribution is 5.81. The second kappa shape index (κ2) is 7.38. The second-order valence-electron chi connectivity index (χ2n) is 3.53. The SMILES string of the molecule is COC(=O)CCC(=O)NCCc1ccncc1. The zero-order valence-electron chi connectivity index (χ0n) is 9.81. The fourth-order valence-electron chi connectivity index (χ4n) is 1.30. The van der Waals surface area contributed by atoms with Crippen molar-refractivity contribution in [3.05, 3.63) is 30.1 Å². The first-order valence-corrected chi connectivity index (χ1v) is 5.45. The van der Waals surface area contributed by atoms with Gasteiger partial charge >= 0.3 is 5.97 Å². The van der Waals surface area contributed by atoms with Crippen molar-refractivity contribution in [3.8, 4) is 0 Å². The van der Waals surface area contributed by atoms with E-state index < -0.39 is 0 Å². The standard InChI is InChI=1S/C12H16N2O3/c1-17-12(16)3-2-11(15)14-9-6-10-4-7-13-8-5-10/h4-5,7-8H,2-3,6,9H2,1H3,(H,14,15). The Balaban J connectivity index is 2.14. The van der Waals surface area contributed by atoms with Gasteiger partial charge in [-0.3, -0.25) is 14.6 Å². The molecule has 0 saturated carbocycles. The van der Waals surface area contributed by atoms with Crippen molar-refractivity contribution in [2.45, 2.75) is 19.3 Å². The number of nitrogens with one attached hydrogen (secondary N) is 1. The molecular weight excluding hydrogens is 220 g/mol. The molecule has 0 aliphatic heterocycles. The second-order valence-corrected chi connectivity index (χ2v) is 3.53. The first-order chi connectivity index (χ1) is 8.22. The highest BCUT2D eigenvalue weighted by Crippen LogP contribution is 1.96. The minimum absolute atomic E-state index is 0.123. The van der Waals surface area contributed by atoms with E-state index >= 15 is 0 Å². The lowest BCUT2D eigenvalue weighted by molar-refractivity contribution is -0.142. The van der Waals surface area contributed by atoms with E-state index in [0.29, 0.717) is 6.54 Å². The molecule has 1 N–H and O–H groups in total. The smallest absolute Gasteiger partial charge is 0.306 e. The number of hydrogen-bond acceptors (Lipinski definition) is 4. The number of pyridine rings is 1. The van der Waals surface area contributed by atoms with Crippen molar-refractivity contribution in [1.29, 1.82) is 0 Å². The monoisotopic (exact) mass is 236 g/mol. The molecule has 0 fully saturated rings. The van der Waals surface area contributed by atoms with Crippen molar-refractivity contribution in [2.24, 2.45) is 0 Å². The van der Waals surface area contributed by atoms with Gasteiger partial charge in [0.15, 0.2) is 0 Å². The molecule has 0 aliphatic carbocycles. The van der Waals surface area contributed by atoms with Crippen molar-refractivity contribution in [2.75, 3.05) is 13.7 Å². The fourth-order valence-corrected chi connectivity index (χ4v) is 1.30. The van der Waals surface area contributed by atoms with Crippen LogP contribution in [0, 0.1) is 0 Å². The number of esters is 1. The maximum absolute atomic E-state index is 11.3. The Hall–Kier alpha value is -1.91. The lowest BCUT2D eigenvalue weighted by Gasteiger charge is -2.04. The van der Waals surface area contributed by atoms with Gasteiger partial charge in [0, 0.05) is 25.4 Å². The highest BCUT2D eigenvalue weighted by atomic mass is 16.5. The van der Waals surface area contributed by atoms with Gasteiger partial charge in [-0.05, 0) is 24.1 Å². The lowest BCUT2D eigenvalue weighted by atomic mass is 10.2. The number of aromatic nitrogens is 1. The average Bonchev–Trinajstić information content (AvgIpc) is 2.37. The van der Waals surface area contributed by atoms with Gasteiger partial charge in [0.05, 0.1) is 13.5 Å². The van der Waals surface area contributed by atoms with Crippen molar-refractivity contribution in [1.82, 2.24) is 10.3 Å². The maximum Gasteiger partial charge on any atom is 0.306 e. The van der Waals surface area contributed by atoms with Gasteiger partial charge in [0.1, 0.15) is 0 Å². The van der Waals surface area contributed by atoms with Crippen LogP contribution in [-0.2, 0) is 20.7 Å². The number of rotatable bonds is 6. The van der Waals surface area contributed by atoms with Gasteiger partial charge in [0.25, 0.3) is 0 Å². The number of amides is 1. The number of carbonyl (C=O) groups is 2. The van der Waals surface area contributed by atoms with Crippen LogP contribution in [0.5, 0.6) is 0 Å². The summed E-state index contributed by atoms with van der Waals surface area (Å²) in [5.41, 5.74) is 1.12. The zero-order valence-corrected chi connectivity index (χ0v) is 9.81. The van der Waals surface area contributed by atoms with Crippen LogP contribution in [0.4, 0.5) is 0 Å². The molecule has 5 heteroatoms. The fraction of sp³-hybridized carbons (Fsp3) is 0.417. The number of ether oxygens (including phenoxy) is 1. The van der Waals surface area contributed by atoms with Crippen LogP contribution in [0.1, 0.15) is 18.4 Å². The Kier molecular flexibility index (Phi) is 5.71. The summed E-state index contributed by atoms with van der Waals surface area (Å²) in [6, 6.07) is 3.81. The third-order valence-corrected chi connectivity index (χ3v) is 2.27. The lowest BCUT2D eigenvalue weighted by Crippen LogP contribution is -2.26. The van der Waals surface area contributed by atoms with Gasteiger partial charge in [-0.2, -0.15) is 0 Å². The molecule has 17 heavy (non-hydrogen) atoms. The average molecular weight is 236 g/mol. The van der Waals surface area contributed by atoms with E-state index in [9.17, 15) is 9.59 Å². The summed E-state index contributed by atoms with van der Waals surface area (Å²) in [7, 11) is 1.31. The molecule has 1 aromatic heterocycles. The third-order valence-electron chi connectivity index (χ3n) is 2.27. The molecule has 0 saturated heterocycles.